The third-order valence-electron chi connectivity index (χ3n) is 9.83. The molecule has 0 aliphatic heterocycles. The Morgan fingerprint density at radius 2 is 0.848 bits per heavy atom. The summed E-state index contributed by atoms with van der Waals surface area (Å²) in [5.74, 6) is 4.52. The standard InChI is InChI=1S/C29H50N2O2/c1-20-3-11-24(12-4-20)28(32)30-26-15-7-22(8-16-26)19-23-9-17-27(18-10-23)31-29(33)25-13-5-21(2)6-14-25/h20-27H,3-19H2,1-2H3,(H,30,32)(H,31,33). The van der Waals surface area contributed by atoms with E-state index in [2.05, 4.69) is 24.5 Å². The van der Waals surface area contributed by atoms with Gasteiger partial charge in [0.15, 0.2) is 0 Å². The van der Waals surface area contributed by atoms with E-state index in [0.29, 0.717) is 23.9 Å². The summed E-state index contributed by atoms with van der Waals surface area (Å²) in [4.78, 5) is 25.3. The largest absolute Gasteiger partial charge is 0.353 e. The molecule has 2 N–H and O–H groups in total. The number of rotatable bonds is 6. The van der Waals surface area contributed by atoms with Gasteiger partial charge in [0.05, 0.1) is 0 Å². The van der Waals surface area contributed by atoms with Crippen molar-refractivity contribution in [3.8, 4) is 0 Å². The van der Waals surface area contributed by atoms with E-state index in [1.165, 1.54) is 83.5 Å². The topological polar surface area (TPSA) is 58.2 Å². The zero-order chi connectivity index (χ0) is 23.2. The van der Waals surface area contributed by atoms with Crippen LogP contribution in [-0.2, 0) is 9.59 Å². The Morgan fingerprint density at radius 1 is 0.515 bits per heavy atom. The molecule has 0 aromatic carbocycles. The molecule has 4 rings (SSSR count). The van der Waals surface area contributed by atoms with Gasteiger partial charge in [-0.1, -0.05) is 13.8 Å². The number of amides is 2. The molecule has 0 saturated heterocycles. The summed E-state index contributed by atoms with van der Waals surface area (Å²) < 4.78 is 0. The highest BCUT2D eigenvalue weighted by molar-refractivity contribution is 5.79. The maximum absolute atomic E-state index is 12.7. The van der Waals surface area contributed by atoms with Crippen molar-refractivity contribution in [2.24, 2.45) is 35.5 Å². The van der Waals surface area contributed by atoms with E-state index in [0.717, 1.165) is 49.4 Å². The molecule has 4 saturated carbocycles. The summed E-state index contributed by atoms with van der Waals surface area (Å²) in [6.07, 6.45) is 20.4. The van der Waals surface area contributed by atoms with E-state index in [1.54, 1.807) is 0 Å². The zero-order valence-corrected chi connectivity index (χ0v) is 21.5. The van der Waals surface area contributed by atoms with Gasteiger partial charge in [0, 0.05) is 23.9 Å². The maximum atomic E-state index is 12.7. The molecule has 0 unspecified atom stereocenters. The average molecular weight is 459 g/mol. The Morgan fingerprint density at radius 3 is 1.18 bits per heavy atom. The predicted octanol–water partition coefficient (Wildman–Crippen LogP) is 6.38. The summed E-state index contributed by atoms with van der Waals surface area (Å²) in [6.45, 7) is 4.63. The van der Waals surface area contributed by atoms with Gasteiger partial charge in [0.2, 0.25) is 11.8 Å². The molecule has 4 aliphatic carbocycles. The molecular weight excluding hydrogens is 408 g/mol. The summed E-state index contributed by atoms with van der Waals surface area (Å²) in [6, 6.07) is 0.837. The SMILES string of the molecule is CC1CCC(C(=O)NC2CCC(CC3CCC(NC(=O)C4CCC(C)CC4)CC3)CC2)CC1. The second kappa shape index (κ2) is 12.1. The van der Waals surface area contributed by atoms with Crippen molar-refractivity contribution in [2.75, 3.05) is 0 Å². The van der Waals surface area contributed by atoms with Gasteiger partial charge in [0.1, 0.15) is 0 Å². The molecule has 0 aromatic heterocycles. The van der Waals surface area contributed by atoms with Gasteiger partial charge in [-0.25, -0.2) is 0 Å². The molecule has 0 aromatic rings. The lowest BCUT2D eigenvalue weighted by Gasteiger charge is -2.35. The van der Waals surface area contributed by atoms with Crippen LogP contribution in [0.5, 0.6) is 0 Å². The minimum absolute atomic E-state index is 0.274. The van der Waals surface area contributed by atoms with Crippen LogP contribution in [0.3, 0.4) is 0 Å². The number of nitrogens with one attached hydrogen (secondary N) is 2. The van der Waals surface area contributed by atoms with Crippen LogP contribution < -0.4 is 10.6 Å². The number of hydrogen-bond acceptors (Lipinski definition) is 2. The third-order valence-corrected chi connectivity index (χ3v) is 9.83. The average Bonchev–Trinajstić information content (AvgIpc) is 2.82. The van der Waals surface area contributed by atoms with Crippen LogP contribution in [0.4, 0.5) is 0 Å². The van der Waals surface area contributed by atoms with E-state index >= 15 is 0 Å². The predicted molar refractivity (Wildman–Crippen MR) is 135 cm³/mol. The molecule has 188 valence electrons. The monoisotopic (exact) mass is 458 g/mol. The molecular formula is C29H50N2O2. The van der Waals surface area contributed by atoms with Crippen molar-refractivity contribution >= 4 is 11.8 Å². The Bertz CT molecular complexity index is 564. The van der Waals surface area contributed by atoms with Crippen molar-refractivity contribution in [1.82, 2.24) is 10.6 Å². The van der Waals surface area contributed by atoms with Gasteiger partial charge in [-0.05, 0) is 133 Å². The van der Waals surface area contributed by atoms with E-state index in [-0.39, 0.29) is 11.8 Å². The Labute approximate surface area is 202 Å². The molecule has 0 bridgehead atoms. The highest BCUT2D eigenvalue weighted by Crippen LogP contribution is 2.36. The van der Waals surface area contributed by atoms with E-state index in [9.17, 15) is 9.59 Å². The smallest absolute Gasteiger partial charge is 0.223 e. The molecule has 4 heteroatoms. The van der Waals surface area contributed by atoms with Crippen molar-refractivity contribution < 1.29 is 9.59 Å². The summed E-state index contributed by atoms with van der Waals surface area (Å²) in [7, 11) is 0. The molecule has 4 nitrogen and oxygen atoms in total. The zero-order valence-electron chi connectivity index (χ0n) is 21.5. The van der Waals surface area contributed by atoms with Gasteiger partial charge < -0.3 is 10.6 Å². The molecule has 0 heterocycles. The van der Waals surface area contributed by atoms with Gasteiger partial charge in [-0.15, -0.1) is 0 Å². The summed E-state index contributed by atoms with van der Waals surface area (Å²) >= 11 is 0. The number of carbonyl (C=O) groups is 2. The highest BCUT2D eigenvalue weighted by Gasteiger charge is 2.31. The fourth-order valence-electron chi connectivity index (χ4n) is 7.24. The normalized spacial score (nSPS) is 40.1. The fourth-order valence-corrected chi connectivity index (χ4v) is 7.24. The van der Waals surface area contributed by atoms with Crippen LogP contribution in [0.25, 0.3) is 0 Å². The number of hydrogen-bond donors (Lipinski definition) is 2. The first-order valence-corrected chi connectivity index (χ1v) is 14.6. The highest BCUT2D eigenvalue weighted by atomic mass is 16.2. The van der Waals surface area contributed by atoms with Gasteiger partial charge in [0.25, 0.3) is 0 Å². The second-order valence-corrected chi connectivity index (χ2v) is 12.6. The van der Waals surface area contributed by atoms with E-state index in [1.807, 2.05) is 0 Å². The fraction of sp³-hybridized carbons (Fsp3) is 0.931. The van der Waals surface area contributed by atoms with E-state index in [4.69, 9.17) is 0 Å². The molecule has 0 spiro atoms. The van der Waals surface area contributed by atoms with Crippen molar-refractivity contribution in [2.45, 2.75) is 135 Å². The lowest BCUT2D eigenvalue weighted by Crippen LogP contribution is -2.42. The van der Waals surface area contributed by atoms with Crippen molar-refractivity contribution in [3.05, 3.63) is 0 Å². The van der Waals surface area contributed by atoms with Crippen LogP contribution in [0.2, 0.25) is 0 Å². The van der Waals surface area contributed by atoms with Crippen LogP contribution >= 0.6 is 0 Å². The van der Waals surface area contributed by atoms with Crippen LogP contribution in [0.1, 0.15) is 123 Å². The molecule has 4 aliphatic rings. The van der Waals surface area contributed by atoms with Crippen molar-refractivity contribution in [1.29, 1.82) is 0 Å². The molecule has 4 fully saturated rings. The summed E-state index contributed by atoms with van der Waals surface area (Å²) in [5, 5.41) is 6.80. The molecule has 33 heavy (non-hydrogen) atoms. The molecule has 0 radical (unpaired) electrons. The Kier molecular flexibility index (Phi) is 9.16. The minimum atomic E-state index is 0.274. The number of carbonyl (C=O) groups excluding carboxylic acids is 2. The van der Waals surface area contributed by atoms with Crippen LogP contribution in [0, 0.1) is 35.5 Å². The second-order valence-electron chi connectivity index (χ2n) is 12.6. The van der Waals surface area contributed by atoms with Gasteiger partial charge >= 0.3 is 0 Å². The van der Waals surface area contributed by atoms with Gasteiger partial charge in [-0.2, -0.15) is 0 Å². The first-order valence-electron chi connectivity index (χ1n) is 14.6. The summed E-state index contributed by atoms with van der Waals surface area (Å²) in [5.41, 5.74) is 0. The lowest BCUT2D eigenvalue weighted by atomic mass is 9.75. The third kappa shape index (κ3) is 7.46. The quantitative estimate of drug-likeness (QED) is 0.485. The van der Waals surface area contributed by atoms with Crippen LogP contribution in [-0.4, -0.2) is 23.9 Å². The van der Waals surface area contributed by atoms with Crippen LogP contribution in [0.15, 0.2) is 0 Å². The molecule has 2 amide bonds. The first kappa shape index (κ1) is 25.0. The maximum Gasteiger partial charge on any atom is 0.223 e. The Balaban J connectivity index is 1.09. The van der Waals surface area contributed by atoms with E-state index < -0.39 is 0 Å². The van der Waals surface area contributed by atoms with Gasteiger partial charge in [-0.3, -0.25) is 9.59 Å². The Hall–Kier alpha value is -1.06. The minimum Gasteiger partial charge on any atom is -0.353 e. The first-order chi connectivity index (χ1) is 16.0. The van der Waals surface area contributed by atoms with Crippen molar-refractivity contribution in [3.63, 3.8) is 0 Å². The molecule has 0 atom stereocenters. The lowest BCUT2D eigenvalue weighted by molar-refractivity contribution is -0.128.